The zero-order chi connectivity index (χ0) is 38.3. The molecule has 3 heterocycles. The first-order chi connectivity index (χ1) is 25.5. The minimum atomic E-state index is -1.31. The quantitative estimate of drug-likeness (QED) is 0.0868. The summed E-state index contributed by atoms with van der Waals surface area (Å²) in [6.45, 7) is 12.1. The number of alkyl halides is 1. The van der Waals surface area contributed by atoms with Gasteiger partial charge in [-0.3, -0.25) is 19.2 Å². The van der Waals surface area contributed by atoms with Crippen molar-refractivity contribution < 1.29 is 38.5 Å². The van der Waals surface area contributed by atoms with Crippen LogP contribution in [0.15, 0.2) is 73.8 Å². The molecule has 2 aromatic carbocycles. The molecule has 53 heavy (non-hydrogen) atoms. The molecule has 0 aliphatic carbocycles. The number of anilines is 1. The van der Waals surface area contributed by atoms with Crippen LogP contribution in [0.1, 0.15) is 61.3 Å². The van der Waals surface area contributed by atoms with Crippen LogP contribution in [0.2, 0.25) is 0 Å². The lowest BCUT2D eigenvalue weighted by molar-refractivity contribution is -0.163. The monoisotopic (exact) mass is 793 g/mol. The van der Waals surface area contributed by atoms with Crippen molar-refractivity contribution in [2.75, 3.05) is 38.3 Å². The smallest absolute Gasteiger partial charge is 0.313 e. The Balaban J connectivity index is 1.53. The fourth-order valence-electron chi connectivity index (χ4n) is 8.21. The summed E-state index contributed by atoms with van der Waals surface area (Å²) >= 11 is 3.76. The third-order valence-electron chi connectivity index (χ3n) is 10.6. The number of halogens is 1. The number of allylic oxidation sites excluding steroid dienone is 1. The van der Waals surface area contributed by atoms with Crippen LogP contribution in [-0.4, -0.2) is 95.7 Å². The average molecular weight is 795 g/mol. The number of ether oxygens (including phenoxy) is 3. The number of methoxy groups -OCH3 is 1. The Kier molecular flexibility index (Phi) is 13.7. The van der Waals surface area contributed by atoms with E-state index in [4.69, 9.17) is 14.2 Å². The Hall–Kier alpha value is -3.84. The number of fused-ring (bicyclic) bond motifs is 1. The second-order valence-corrected chi connectivity index (χ2v) is 15.4. The topological polar surface area (TPSA) is 135 Å². The Morgan fingerprint density at radius 2 is 1.89 bits per heavy atom. The van der Waals surface area contributed by atoms with Gasteiger partial charge >= 0.3 is 5.97 Å². The van der Waals surface area contributed by atoms with E-state index in [1.165, 1.54) is 7.11 Å². The van der Waals surface area contributed by atoms with Crippen molar-refractivity contribution in [2.24, 2.45) is 11.8 Å². The highest BCUT2D eigenvalue weighted by molar-refractivity contribution is 9.09. The van der Waals surface area contributed by atoms with Gasteiger partial charge in [-0.15, -0.1) is 13.2 Å². The molecule has 3 amide bonds. The van der Waals surface area contributed by atoms with Gasteiger partial charge in [0.05, 0.1) is 30.6 Å². The lowest BCUT2D eigenvalue weighted by Gasteiger charge is -2.37. The SMILES string of the molecule is C=CCCC(=O)N[C@H](COC)[C@H](OC(=O)[C@@H]1[C@H]2O[C@@]3(CC2Br)[C@H](C(=O)N(CC=C)c2cc(C)ccc2C)N(CCCCCO)C(=O)[C@@H]13)c1ccccc1. The summed E-state index contributed by atoms with van der Waals surface area (Å²) in [5, 5.41) is 12.4. The van der Waals surface area contributed by atoms with Crippen molar-refractivity contribution >= 4 is 45.3 Å². The van der Waals surface area contributed by atoms with Crippen molar-refractivity contribution in [1.82, 2.24) is 10.2 Å². The van der Waals surface area contributed by atoms with E-state index < -0.39 is 47.7 Å². The van der Waals surface area contributed by atoms with Gasteiger partial charge < -0.3 is 34.4 Å². The number of rotatable bonds is 19. The third-order valence-corrected chi connectivity index (χ3v) is 11.4. The van der Waals surface area contributed by atoms with E-state index in [1.807, 2.05) is 62.4 Å². The molecular weight excluding hydrogens is 742 g/mol. The Morgan fingerprint density at radius 1 is 1.13 bits per heavy atom. The zero-order valence-corrected chi connectivity index (χ0v) is 32.5. The molecule has 5 rings (SSSR count). The Labute approximate surface area is 320 Å². The molecule has 2 N–H and O–H groups in total. The highest BCUT2D eigenvalue weighted by atomic mass is 79.9. The van der Waals surface area contributed by atoms with Crippen molar-refractivity contribution in [1.29, 1.82) is 0 Å². The molecule has 3 aliphatic heterocycles. The van der Waals surface area contributed by atoms with E-state index in [9.17, 15) is 19.5 Å². The normalized spacial score (nSPS) is 25.4. The maximum atomic E-state index is 15.0. The maximum absolute atomic E-state index is 15.0. The fourth-order valence-corrected chi connectivity index (χ4v) is 9.15. The van der Waals surface area contributed by atoms with E-state index in [2.05, 4.69) is 34.4 Å². The number of aryl methyl sites for hydroxylation is 2. The van der Waals surface area contributed by atoms with Crippen molar-refractivity contribution in [3.05, 3.63) is 90.5 Å². The van der Waals surface area contributed by atoms with Crippen LogP contribution in [0, 0.1) is 25.7 Å². The lowest BCUT2D eigenvalue weighted by Crippen LogP contribution is -2.57. The molecule has 12 heteroatoms. The predicted molar refractivity (Wildman–Crippen MR) is 205 cm³/mol. The van der Waals surface area contributed by atoms with Gasteiger partial charge in [0.1, 0.15) is 17.7 Å². The number of likely N-dealkylation sites (tertiary alicyclic amines) is 1. The number of unbranched alkanes of at least 4 members (excludes halogenated alkanes) is 2. The number of aliphatic hydroxyl groups is 1. The predicted octanol–water partition coefficient (Wildman–Crippen LogP) is 5.11. The van der Waals surface area contributed by atoms with Crippen molar-refractivity contribution in [2.45, 2.75) is 87.1 Å². The minimum Gasteiger partial charge on any atom is -0.455 e. The molecule has 2 aromatic rings. The summed E-state index contributed by atoms with van der Waals surface area (Å²) < 4.78 is 18.6. The number of carbonyl (C=O) groups is 4. The second-order valence-electron chi connectivity index (χ2n) is 14.2. The van der Waals surface area contributed by atoms with Crippen molar-refractivity contribution in [3.8, 4) is 0 Å². The number of benzene rings is 2. The first-order valence-corrected chi connectivity index (χ1v) is 19.3. The summed E-state index contributed by atoms with van der Waals surface area (Å²) in [5.74, 6) is -3.56. The van der Waals surface area contributed by atoms with Crippen LogP contribution in [-0.2, 0) is 33.4 Å². The molecule has 286 valence electrons. The summed E-state index contributed by atoms with van der Waals surface area (Å²) in [5.41, 5.74) is 1.92. The van der Waals surface area contributed by atoms with Crippen LogP contribution in [0.25, 0.3) is 0 Å². The average Bonchev–Trinajstić information content (AvgIpc) is 3.74. The number of amides is 3. The molecule has 0 radical (unpaired) electrons. The molecule has 2 bridgehead atoms. The van der Waals surface area contributed by atoms with Crippen LogP contribution in [0.3, 0.4) is 0 Å². The molecular formula is C41H52BrN3O8. The first kappa shape index (κ1) is 40.3. The van der Waals surface area contributed by atoms with E-state index in [1.54, 1.807) is 22.0 Å². The molecule has 8 atom stereocenters. The number of aliphatic hydroxyl groups excluding tert-OH is 1. The molecule has 3 fully saturated rings. The second kappa shape index (κ2) is 18.0. The number of nitrogens with one attached hydrogen (secondary N) is 1. The van der Waals surface area contributed by atoms with E-state index in [-0.39, 0.29) is 55.3 Å². The number of nitrogens with zero attached hydrogens (tertiary/aromatic N) is 2. The van der Waals surface area contributed by atoms with Gasteiger partial charge in [0.2, 0.25) is 11.8 Å². The third kappa shape index (κ3) is 8.30. The van der Waals surface area contributed by atoms with E-state index in [0.717, 1.165) is 11.1 Å². The molecule has 1 unspecified atom stereocenters. The first-order valence-electron chi connectivity index (χ1n) is 18.4. The molecule has 3 saturated heterocycles. The van der Waals surface area contributed by atoms with Crippen LogP contribution in [0.4, 0.5) is 5.69 Å². The Morgan fingerprint density at radius 3 is 2.57 bits per heavy atom. The maximum Gasteiger partial charge on any atom is 0.313 e. The van der Waals surface area contributed by atoms with Gasteiger partial charge in [-0.1, -0.05) is 70.5 Å². The Bertz CT molecular complexity index is 1650. The van der Waals surface area contributed by atoms with Gasteiger partial charge in [0, 0.05) is 43.7 Å². The summed E-state index contributed by atoms with van der Waals surface area (Å²) in [4.78, 5) is 60.2. The standard InChI is InChI=1S/C41H52BrN3O8/c1-6-8-17-32(47)43-30(25-51-5)35(28-15-11-9-12-16-28)52-40(50)33-34-38(48)45(21-13-10-14-22-46)37(41(34)24-29(42)36(33)53-41)39(49)44(20-7-2)31-23-26(3)18-19-27(31)4/h6-7,9,11-12,15-16,18-19,23,29-30,33-37,46H,1-2,8,10,13-14,17,20-22,24-25H2,3-5H3,(H,43,47)/t29?,30-,33+,34-,35-,36+,37+,41-/m1/s1. The zero-order valence-electron chi connectivity index (χ0n) is 30.9. The summed E-state index contributed by atoms with van der Waals surface area (Å²) in [6.07, 6.45) is 4.42. The molecule has 11 nitrogen and oxygen atoms in total. The lowest BCUT2D eigenvalue weighted by atomic mass is 9.70. The molecule has 0 saturated carbocycles. The van der Waals surface area contributed by atoms with Gasteiger partial charge in [-0.25, -0.2) is 0 Å². The van der Waals surface area contributed by atoms with Crippen molar-refractivity contribution in [3.63, 3.8) is 0 Å². The van der Waals surface area contributed by atoms with Crippen LogP contribution < -0.4 is 10.2 Å². The van der Waals surface area contributed by atoms with Gasteiger partial charge in [0.15, 0.2) is 0 Å². The number of carbonyl (C=O) groups excluding carboxylic acids is 4. The number of hydrogen-bond acceptors (Lipinski definition) is 8. The largest absolute Gasteiger partial charge is 0.455 e. The molecule has 3 aliphatic rings. The summed E-state index contributed by atoms with van der Waals surface area (Å²) in [6, 6.07) is 13.2. The molecule has 0 aromatic heterocycles. The van der Waals surface area contributed by atoms with Crippen LogP contribution in [0.5, 0.6) is 0 Å². The molecule has 1 spiro atoms. The minimum absolute atomic E-state index is 0.0218. The van der Waals surface area contributed by atoms with Crippen LogP contribution >= 0.6 is 15.9 Å². The number of hydrogen-bond donors (Lipinski definition) is 2. The highest BCUT2D eigenvalue weighted by Gasteiger charge is 2.77. The van der Waals surface area contributed by atoms with E-state index >= 15 is 4.79 Å². The summed E-state index contributed by atoms with van der Waals surface area (Å²) in [7, 11) is 1.51. The highest BCUT2D eigenvalue weighted by Crippen LogP contribution is 2.60. The van der Waals surface area contributed by atoms with Gasteiger partial charge in [0.25, 0.3) is 5.91 Å². The van der Waals surface area contributed by atoms with Gasteiger partial charge in [-0.2, -0.15) is 0 Å². The number of esters is 1. The van der Waals surface area contributed by atoms with Gasteiger partial charge in [-0.05, 0) is 68.7 Å². The van der Waals surface area contributed by atoms with E-state index in [0.29, 0.717) is 43.4 Å². The fraction of sp³-hybridized carbons (Fsp3) is 0.512.